The van der Waals surface area contributed by atoms with Gasteiger partial charge >= 0.3 is 0 Å². The zero-order chi connectivity index (χ0) is 13.0. The molecular weight excluding hydrogens is 252 g/mol. The van der Waals surface area contributed by atoms with Gasteiger partial charge in [-0.1, -0.05) is 6.08 Å². The number of ether oxygens (including phenoxy) is 1. The highest BCUT2D eigenvalue weighted by Crippen LogP contribution is 2.28. The molecule has 5 nitrogen and oxygen atoms in total. The normalized spacial score (nSPS) is 25.4. The molecule has 0 N–H and O–H groups in total. The predicted molar refractivity (Wildman–Crippen MR) is 67.5 cm³/mol. The summed E-state index contributed by atoms with van der Waals surface area (Å²) in [5.41, 5.74) is 0.889. The molecule has 1 aliphatic heterocycles. The van der Waals surface area contributed by atoms with Gasteiger partial charge in [0.15, 0.2) is 9.84 Å². The van der Waals surface area contributed by atoms with Crippen LogP contribution in [-0.4, -0.2) is 50.6 Å². The Morgan fingerprint density at radius 2 is 2.17 bits per heavy atom. The molecule has 6 heteroatoms. The topological polar surface area (TPSA) is 70.4 Å². The Hall–Kier alpha value is -1.06. The van der Waals surface area contributed by atoms with Gasteiger partial charge in [-0.15, -0.1) is 0 Å². The summed E-state index contributed by atoms with van der Waals surface area (Å²) in [7, 11) is -3.34. The van der Waals surface area contributed by atoms with E-state index in [4.69, 9.17) is 10.00 Å². The minimum absolute atomic E-state index is 0.390. The van der Waals surface area contributed by atoms with Gasteiger partial charge in [-0.3, -0.25) is 0 Å². The van der Waals surface area contributed by atoms with Crippen LogP contribution in [0.25, 0.3) is 0 Å². The maximum absolute atomic E-state index is 12.1. The first kappa shape index (κ1) is 13.4. The fourth-order valence-corrected chi connectivity index (χ4v) is 4.06. The van der Waals surface area contributed by atoms with Crippen molar-refractivity contribution in [2.45, 2.75) is 24.5 Å². The number of hydrogen-bond donors (Lipinski definition) is 0. The van der Waals surface area contributed by atoms with Crippen molar-refractivity contribution in [3.63, 3.8) is 0 Å². The SMILES string of the molecule is N#CCS(=O)(=O)C1CCCC=C1N1CCOCC1. The molecule has 1 atom stereocenters. The lowest BCUT2D eigenvalue weighted by atomic mass is 10.0. The molecule has 0 bridgehead atoms. The maximum Gasteiger partial charge on any atom is 0.172 e. The Balaban J connectivity index is 2.20. The standard InChI is InChI=1S/C12H18N2O3S/c13-5-10-18(15,16)12-4-2-1-3-11(12)14-6-8-17-9-7-14/h3,12H,1-2,4,6-10H2. The monoisotopic (exact) mass is 270 g/mol. The second kappa shape index (κ2) is 5.72. The summed E-state index contributed by atoms with van der Waals surface area (Å²) in [5.74, 6) is -0.390. The van der Waals surface area contributed by atoms with Gasteiger partial charge in [-0.2, -0.15) is 5.26 Å². The van der Waals surface area contributed by atoms with Crippen LogP contribution in [0.5, 0.6) is 0 Å². The van der Waals surface area contributed by atoms with Gasteiger partial charge in [0.2, 0.25) is 0 Å². The van der Waals surface area contributed by atoms with Gasteiger partial charge < -0.3 is 9.64 Å². The zero-order valence-electron chi connectivity index (χ0n) is 10.3. The van der Waals surface area contributed by atoms with Crippen molar-refractivity contribution >= 4 is 9.84 Å². The molecular formula is C12H18N2O3S. The van der Waals surface area contributed by atoms with Crippen molar-refractivity contribution in [1.29, 1.82) is 5.26 Å². The quantitative estimate of drug-likeness (QED) is 0.754. The second-order valence-electron chi connectivity index (χ2n) is 4.61. The molecule has 1 fully saturated rings. The fraction of sp³-hybridized carbons (Fsp3) is 0.750. The maximum atomic E-state index is 12.1. The van der Waals surface area contributed by atoms with Crippen LogP contribution in [0.4, 0.5) is 0 Å². The summed E-state index contributed by atoms with van der Waals surface area (Å²) in [5, 5.41) is 8.15. The number of nitriles is 1. The molecule has 2 aliphatic rings. The van der Waals surface area contributed by atoms with E-state index in [-0.39, 0.29) is 5.75 Å². The van der Waals surface area contributed by atoms with Gasteiger partial charge in [0.05, 0.1) is 19.3 Å². The van der Waals surface area contributed by atoms with Crippen LogP contribution in [0, 0.1) is 11.3 Å². The van der Waals surface area contributed by atoms with E-state index in [1.54, 1.807) is 6.07 Å². The van der Waals surface area contributed by atoms with E-state index in [1.807, 2.05) is 6.08 Å². The van der Waals surface area contributed by atoms with E-state index in [0.717, 1.165) is 31.6 Å². The molecule has 0 amide bonds. The van der Waals surface area contributed by atoms with Gasteiger partial charge in [0.1, 0.15) is 11.0 Å². The van der Waals surface area contributed by atoms with Crippen LogP contribution in [0.2, 0.25) is 0 Å². The summed E-state index contributed by atoms with van der Waals surface area (Å²) in [6.07, 6.45) is 4.45. The minimum atomic E-state index is -3.34. The number of allylic oxidation sites excluding steroid dienone is 1. The molecule has 1 saturated heterocycles. The number of sulfone groups is 1. The molecule has 0 aromatic heterocycles. The Morgan fingerprint density at radius 3 is 2.83 bits per heavy atom. The van der Waals surface area contributed by atoms with Crippen molar-refractivity contribution < 1.29 is 13.2 Å². The van der Waals surface area contributed by atoms with Crippen LogP contribution in [0.1, 0.15) is 19.3 Å². The molecule has 100 valence electrons. The highest BCUT2D eigenvalue weighted by molar-refractivity contribution is 7.92. The minimum Gasteiger partial charge on any atom is -0.378 e. The number of hydrogen-bond acceptors (Lipinski definition) is 5. The van der Waals surface area contributed by atoms with E-state index in [0.29, 0.717) is 19.6 Å². The molecule has 0 radical (unpaired) electrons. The molecule has 1 unspecified atom stereocenters. The third-order valence-corrected chi connectivity index (χ3v) is 5.30. The molecule has 0 spiro atoms. The van der Waals surface area contributed by atoms with E-state index in [9.17, 15) is 8.42 Å². The predicted octanol–water partition coefficient (Wildman–Crippen LogP) is 0.693. The first-order valence-electron chi connectivity index (χ1n) is 6.26. The lowest BCUT2D eigenvalue weighted by Gasteiger charge is -2.36. The van der Waals surface area contributed by atoms with Crippen molar-refractivity contribution in [1.82, 2.24) is 4.90 Å². The summed E-state index contributed by atoms with van der Waals surface area (Å²) < 4.78 is 29.5. The molecule has 2 rings (SSSR count). The number of nitrogens with zero attached hydrogens (tertiary/aromatic N) is 2. The van der Waals surface area contributed by atoms with Crippen LogP contribution in [0.15, 0.2) is 11.8 Å². The van der Waals surface area contributed by atoms with E-state index in [2.05, 4.69) is 4.90 Å². The molecule has 18 heavy (non-hydrogen) atoms. The highest BCUT2D eigenvalue weighted by Gasteiger charge is 2.33. The zero-order valence-corrected chi connectivity index (χ0v) is 11.2. The summed E-state index contributed by atoms with van der Waals surface area (Å²) in [6, 6.07) is 1.77. The fourth-order valence-electron chi connectivity index (χ4n) is 2.54. The molecule has 0 aromatic rings. The van der Waals surface area contributed by atoms with Crippen LogP contribution in [0.3, 0.4) is 0 Å². The molecule has 1 heterocycles. The summed E-state index contributed by atoms with van der Waals surface area (Å²) in [4.78, 5) is 2.10. The van der Waals surface area contributed by atoms with Crippen molar-refractivity contribution in [2.75, 3.05) is 32.1 Å². The largest absolute Gasteiger partial charge is 0.378 e. The van der Waals surface area contributed by atoms with Gasteiger partial charge in [-0.05, 0) is 19.3 Å². The Morgan fingerprint density at radius 1 is 1.44 bits per heavy atom. The lowest BCUT2D eigenvalue weighted by Crippen LogP contribution is -2.42. The van der Waals surface area contributed by atoms with Crippen molar-refractivity contribution in [3.05, 3.63) is 11.8 Å². The van der Waals surface area contributed by atoms with Gasteiger partial charge in [0.25, 0.3) is 0 Å². The first-order valence-corrected chi connectivity index (χ1v) is 7.98. The summed E-state index contributed by atoms with van der Waals surface area (Å²) in [6.45, 7) is 2.76. The average Bonchev–Trinajstić information content (AvgIpc) is 2.40. The van der Waals surface area contributed by atoms with Crippen molar-refractivity contribution in [2.24, 2.45) is 0 Å². The second-order valence-corrected chi connectivity index (χ2v) is 6.80. The molecule has 1 aliphatic carbocycles. The smallest absolute Gasteiger partial charge is 0.172 e. The number of morpholine rings is 1. The first-order chi connectivity index (χ1) is 8.65. The average molecular weight is 270 g/mol. The third-order valence-electron chi connectivity index (χ3n) is 3.43. The van der Waals surface area contributed by atoms with Crippen LogP contribution >= 0.6 is 0 Å². The molecule has 0 saturated carbocycles. The van der Waals surface area contributed by atoms with Crippen LogP contribution in [-0.2, 0) is 14.6 Å². The third kappa shape index (κ3) is 2.85. The van der Waals surface area contributed by atoms with E-state index < -0.39 is 15.1 Å². The molecule has 0 aromatic carbocycles. The number of rotatable bonds is 3. The summed E-state index contributed by atoms with van der Waals surface area (Å²) >= 11 is 0. The van der Waals surface area contributed by atoms with Crippen LogP contribution < -0.4 is 0 Å². The van der Waals surface area contributed by atoms with E-state index in [1.165, 1.54) is 0 Å². The van der Waals surface area contributed by atoms with Gasteiger partial charge in [-0.25, -0.2) is 8.42 Å². The highest BCUT2D eigenvalue weighted by atomic mass is 32.2. The Bertz CT molecular complexity index is 458. The Kier molecular flexibility index (Phi) is 4.25. The van der Waals surface area contributed by atoms with E-state index >= 15 is 0 Å². The van der Waals surface area contributed by atoms with Gasteiger partial charge in [0, 0.05) is 18.8 Å². The Labute approximate surface area is 108 Å². The van der Waals surface area contributed by atoms with Crippen molar-refractivity contribution in [3.8, 4) is 6.07 Å². The lowest BCUT2D eigenvalue weighted by molar-refractivity contribution is 0.0515.